The third kappa shape index (κ3) is 4.83. The molecule has 37 heavy (non-hydrogen) atoms. The zero-order chi connectivity index (χ0) is 25.7. The average molecular weight is 537 g/mol. The van der Waals surface area contributed by atoms with Gasteiger partial charge in [-0.15, -0.1) is 0 Å². The molecule has 1 aliphatic carbocycles. The van der Waals surface area contributed by atoms with Crippen LogP contribution in [0.5, 0.6) is 0 Å². The number of hydrogen-bond donors (Lipinski definition) is 1. The van der Waals surface area contributed by atoms with E-state index < -0.39 is 34.0 Å². The number of benzene rings is 1. The molecular weight excluding hydrogens is 502 g/mol. The number of aromatic nitrogens is 2. The van der Waals surface area contributed by atoms with E-state index in [9.17, 15) is 17.2 Å². The Bertz CT molecular complexity index is 1220. The van der Waals surface area contributed by atoms with Gasteiger partial charge in [0.25, 0.3) is 0 Å². The van der Waals surface area contributed by atoms with Gasteiger partial charge in [-0.2, -0.15) is 21.9 Å². The molecule has 0 unspecified atom stereocenters. The molecule has 4 aliphatic rings. The molecule has 3 atom stereocenters. The maximum Gasteiger partial charge on any atom is 0.323 e. The minimum atomic E-state index is -3.70. The fourth-order valence-corrected chi connectivity index (χ4v) is 7.69. The summed E-state index contributed by atoms with van der Waals surface area (Å²) in [5.74, 6) is -1.06. The Labute approximate surface area is 216 Å². The Morgan fingerprint density at radius 3 is 2.46 bits per heavy atom. The summed E-state index contributed by atoms with van der Waals surface area (Å²) < 4.78 is 63.0. The molecule has 1 saturated carbocycles. The number of halogens is 2. The van der Waals surface area contributed by atoms with E-state index in [-0.39, 0.29) is 11.6 Å². The van der Waals surface area contributed by atoms with Gasteiger partial charge >= 0.3 is 10.2 Å². The van der Waals surface area contributed by atoms with E-state index in [4.69, 9.17) is 10.5 Å². The monoisotopic (exact) mass is 536 g/mol. The molecule has 1 aromatic carbocycles. The van der Waals surface area contributed by atoms with Crippen molar-refractivity contribution in [3.63, 3.8) is 0 Å². The number of hydrogen-bond acceptors (Lipinski definition) is 7. The summed E-state index contributed by atoms with van der Waals surface area (Å²) in [6.07, 6.45) is 6.44. The van der Waals surface area contributed by atoms with Gasteiger partial charge in [0.1, 0.15) is 17.7 Å². The Balaban J connectivity index is 1.06. The second-order valence-electron chi connectivity index (χ2n) is 10.7. The van der Waals surface area contributed by atoms with Gasteiger partial charge in [0.2, 0.25) is 0 Å². The van der Waals surface area contributed by atoms with Crippen molar-refractivity contribution in [1.82, 2.24) is 23.3 Å². The second kappa shape index (κ2) is 9.97. The van der Waals surface area contributed by atoms with Crippen molar-refractivity contribution < 1.29 is 21.9 Å². The van der Waals surface area contributed by atoms with Crippen LogP contribution >= 0.6 is 0 Å². The first-order chi connectivity index (χ1) is 17.8. The van der Waals surface area contributed by atoms with E-state index in [0.29, 0.717) is 45.2 Å². The van der Waals surface area contributed by atoms with Crippen molar-refractivity contribution in [3.05, 3.63) is 52.9 Å². The number of nitrogens with zero attached hydrogens (tertiary/aromatic N) is 5. The van der Waals surface area contributed by atoms with Gasteiger partial charge in [0.15, 0.2) is 0 Å². The maximum absolute atomic E-state index is 14.2. The fourth-order valence-electron chi connectivity index (χ4n) is 6.37. The lowest BCUT2D eigenvalue weighted by Crippen LogP contribution is -2.52. The Morgan fingerprint density at radius 1 is 1.00 bits per heavy atom. The van der Waals surface area contributed by atoms with Crippen LogP contribution < -0.4 is 5.73 Å². The summed E-state index contributed by atoms with van der Waals surface area (Å²) >= 11 is 0. The minimum Gasteiger partial charge on any atom is -0.370 e. The highest BCUT2D eigenvalue weighted by atomic mass is 32.2. The van der Waals surface area contributed by atoms with Gasteiger partial charge in [0, 0.05) is 74.7 Å². The van der Waals surface area contributed by atoms with E-state index in [1.54, 1.807) is 6.20 Å². The van der Waals surface area contributed by atoms with Crippen molar-refractivity contribution in [2.75, 3.05) is 32.8 Å². The van der Waals surface area contributed by atoms with Gasteiger partial charge in [-0.25, -0.2) is 8.78 Å². The number of ether oxygens (including phenoxy) is 1. The molecule has 2 aromatic rings. The minimum absolute atomic E-state index is 0.0224. The van der Waals surface area contributed by atoms with E-state index in [0.717, 1.165) is 46.6 Å². The molecule has 0 spiro atoms. The quantitative estimate of drug-likeness (QED) is 0.624. The standard InChI is InChI=1S/C25H34F2N6O3S/c26-18-5-6-22(27)21(11-18)25-23(28)12-20(16-36-25)31-13-17-14-33(29-24(17)15-31)37(34,35)32-9-7-30(8-10-32)19-3-1-2-4-19/h5-6,11,14,19-20,23,25H,1-4,7-10,12-13,15-16,28H2/t20-,23+,25-/m1/s1. The van der Waals surface area contributed by atoms with Crippen molar-refractivity contribution >= 4 is 10.2 Å². The zero-order valence-corrected chi connectivity index (χ0v) is 21.6. The molecule has 4 heterocycles. The third-order valence-electron chi connectivity index (χ3n) is 8.44. The Hall–Kier alpha value is -1.96. The molecule has 6 rings (SSSR count). The summed E-state index contributed by atoms with van der Waals surface area (Å²) in [6.45, 7) is 3.86. The van der Waals surface area contributed by atoms with Crippen molar-refractivity contribution in [2.24, 2.45) is 5.73 Å². The Morgan fingerprint density at radius 2 is 1.76 bits per heavy atom. The highest BCUT2D eigenvalue weighted by Crippen LogP contribution is 2.34. The number of rotatable bonds is 5. The molecule has 9 nitrogen and oxygen atoms in total. The highest BCUT2D eigenvalue weighted by molar-refractivity contribution is 7.87. The van der Waals surface area contributed by atoms with Crippen molar-refractivity contribution in [2.45, 2.75) is 69.4 Å². The lowest BCUT2D eigenvalue weighted by atomic mass is 9.93. The summed E-state index contributed by atoms with van der Waals surface area (Å²) in [7, 11) is -3.70. The average Bonchev–Trinajstić information content (AvgIpc) is 3.63. The van der Waals surface area contributed by atoms with Gasteiger partial charge in [-0.1, -0.05) is 12.8 Å². The molecular formula is C25H34F2N6O3S. The molecule has 202 valence electrons. The van der Waals surface area contributed by atoms with Gasteiger partial charge < -0.3 is 10.5 Å². The molecule has 2 saturated heterocycles. The van der Waals surface area contributed by atoms with E-state index in [2.05, 4.69) is 14.9 Å². The van der Waals surface area contributed by atoms with E-state index in [1.165, 1.54) is 30.0 Å². The first-order valence-corrected chi connectivity index (χ1v) is 14.6. The second-order valence-corrected chi connectivity index (χ2v) is 12.5. The van der Waals surface area contributed by atoms with Crippen LogP contribution in [-0.2, 0) is 28.0 Å². The fraction of sp³-hybridized carbons (Fsp3) is 0.640. The van der Waals surface area contributed by atoms with Gasteiger partial charge in [-0.3, -0.25) is 9.80 Å². The molecule has 2 N–H and O–H groups in total. The molecule has 12 heteroatoms. The molecule has 3 aliphatic heterocycles. The highest BCUT2D eigenvalue weighted by Gasteiger charge is 2.39. The topological polar surface area (TPSA) is 96.9 Å². The SMILES string of the molecule is N[C@H]1C[C@@H](N2Cc3cn(S(=O)(=O)N4CCN(C5CCCC5)CC4)nc3C2)CO[C@@H]1c1cc(F)ccc1F. The smallest absolute Gasteiger partial charge is 0.323 e. The van der Waals surface area contributed by atoms with Crippen molar-refractivity contribution in [3.8, 4) is 0 Å². The van der Waals surface area contributed by atoms with Crippen LogP contribution in [0.15, 0.2) is 24.4 Å². The normalized spacial score (nSPS) is 28.7. The molecule has 0 amide bonds. The summed E-state index contributed by atoms with van der Waals surface area (Å²) in [5, 5.41) is 4.45. The van der Waals surface area contributed by atoms with Crippen molar-refractivity contribution in [1.29, 1.82) is 0 Å². The number of piperazine rings is 1. The summed E-state index contributed by atoms with van der Waals surface area (Å²) in [4.78, 5) is 4.59. The molecule has 3 fully saturated rings. The van der Waals surface area contributed by atoms with E-state index in [1.807, 2.05) is 0 Å². The summed E-state index contributed by atoms with van der Waals surface area (Å²) in [6, 6.07) is 3.40. The first kappa shape index (κ1) is 25.3. The van der Waals surface area contributed by atoms with Crippen LogP contribution in [-0.4, -0.2) is 82.6 Å². The number of fused-ring (bicyclic) bond motifs is 1. The van der Waals surface area contributed by atoms with Gasteiger partial charge in [-0.05, 0) is 37.5 Å². The predicted molar refractivity (Wildman–Crippen MR) is 133 cm³/mol. The van der Waals surface area contributed by atoms with Gasteiger partial charge in [0.05, 0.1) is 12.3 Å². The number of nitrogens with two attached hydrogens (primary N) is 1. The zero-order valence-electron chi connectivity index (χ0n) is 20.8. The molecule has 1 aromatic heterocycles. The lowest BCUT2D eigenvalue weighted by molar-refractivity contribution is -0.0533. The van der Waals surface area contributed by atoms with E-state index >= 15 is 0 Å². The predicted octanol–water partition coefficient (Wildman–Crippen LogP) is 1.99. The molecule has 0 radical (unpaired) electrons. The maximum atomic E-state index is 14.2. The molecule has 0 bridgehead atoms. The lowest BCUT2D eigenvalue weighted by Gasteiger charge is -2.38. The van der Waals surface area contributed by atoms with Crippen LogP contribution in [0.25, 0.3) is 0 Å². The van der Waals surface area contributed by atoms with Crippen LogP contribution in [0.2, 0.25) is 0 Å². The van der Waals surface area contributed by atoms with Crippen LogP contribution in [0, 0.1) is 11.6 Å². The third-order valence-corrected chi connectivity index (χ3v) is 10.1. The Kier molecular flexibility index (Phi) is 6.83. The first-order valence-electron chi connectivity index (χ1n) is 13.2. The summed E-state index contributed by atoms with van der Waals surface area (Å²) in [5.41, 5.74) is 8.08. The van der Waals surface area contributed by atoms with Crippen LogP contribution in [0.4, 0.5) is 8.78 Å². The largest absolute Gasteiger partial charge is 0.370 e. The van der Waals surface area contributed by atoms with Crippen LogP contribution in [0.3, 0.4) is 0 Å². The van der Waals surface area contributed by atoms with Crippen LogP contribution in [0.1, 0.15) is 55.0 Å².